The van der Waals surface area contributed by atoms with Gasteiger partial charge in [-0.25, -0.2) is 5.53 Å². The Kier molecular flexibility index (Phi) is 3.22. The van der Waals surface area contributed by atoms with E-state index in [0.29, 0.717) is 10.4 Å². The van der Waals surface area contributed by atoms with E-state index in [0.717, 1.165) is 11.3 Å². The van der Waals surface area contributed by atoms with Crippen LogP contribution in [0.15, 0.2) is 29.4 Å². The monoisotopic (exact) mass is 273 g/mol. The number of non-ortho nitro benzene ring substituents is 1. The third-order valence-electron chi connectivity index (χ3n) is 2.47. The minimum absolute atomic E-state index is 0.0295. The van der Waals surface area contributed by atoms with Gasteiger partial charge in [0.25, 0.3) is 5.69 Å². The van der Waals surface area contributed by atoms with E-state index in [1.807, 2.05) is 6.07 Å². The van der Waals surface area contributed by atoms with Gasteiger partial charge in [0.15, 0.2) is 0 Å². The Balaban J connectivity index is 2.56. The molecule has 7 nitrogen and oxygen atoms in total. The zero-order valence-electron chi connectivity index (χ0n) is 9.45. The molecule has 0 saturated carbocycles. The van der Waals surface area contributed by atoms with Crippen molar-refractivity contribution in [3.63, 3.8) is 0 Å². The fraction of sp³-hybridized carbons (Fsp3) is 0. The number of hydrogen-bond donors (Lipinski definition) is 2. The fourth-order valence-electron chi connectivity index (χ4n) is 1.58. The number of nitrogen functional groups attached to an aromatic ring is 1. The van der Waals surface area contributed by atoms with Crippen molar-refractivity contribution in [1.82, 2.24) is 0 Å². The van der Waals surface area contributed by atoms with Crippen molar-refractivity contribution >= 4 is 27.7 Å². The molecule has 2 rings (SSSR count). The lowest BCUT2D eigenvalue weighted by Crippen LogP contribution is -1.86. The lowest BCUT2D eigenvalue weighted by Gasteiger charge is -1.98. The molecule has 0 spiro atoms. The van der Waals surface area contributed by atoms with Gasteiger partial charge in [-0.05, 0) is 17.7 Å². The molecule has 94 valence electrons. The lowest BCUT2D eigenvalue weighted by atomic mass is 10.1. The predicted molar refractivity (Wildman–Crippen MR) is 70.3 cm³/mol. The Morgan fingerprint density at radius 2 is 2.05 bits per heavy atom. The molecular formula is C11H7N5O2S. The van der Waals surface area contributed by atoms with Crippen LogP contribution in [0.2, 0.25) is 0 Å². The van der Waals surface area contributed by atoms with Crippen molar-refractivity contribution in [1.29, 1.82) is 10.8 Å². The number of rotatable bonds is 3. The summed E-state index contributed by atoms with van der Waals surface area (Å²) in [6.07, 6.45) is 0. The summed E-state index contributed by atoms with van der Waals surface area (Å²) < 4.78 is 0. The van der Waals surface area contributed by atoms with Gasteiger partial charge in [-0.3, -0.25) is 10.1 Å². The molecule has 19 heavy (non-hydrogen) atoms. The van der Waals surface area contributed by atoms with Gasteiger partial charge in [-0.2, -0.15) is 10.4 Å². The van der Waals surface area contributed by atoms with Crippen LogP contribution >= 0.6 is 11.3 Å². The van der Waals surface area contributed by atoms with Crippen LogP contribution in [-0.4, -0.2) is 4.92 Å². The Morgan fingerprint density at radius 3 is 2.53 bits per heavy atom. The molecule has 0 amide bonds. The Bertz CT molecular complexity index is 699. The maximum atomic E-state index is 10.6. The summed E-state index contributed by atoms with van der Waals surface area (Å²) >= 11 is 1.13. The maximum absolute atomic E-state index is 10.6. The number of nitrogens with one attached hydrogen (secondary N) is 1. The quantitative estimate of drug-likeness (QED) is 0.504. The normalized spacial score (nSPS) is 9.84. The van der Waals surface area contributed by atoms with Gasteiger partial charge in [0.2, 0.25) is 0 Å². The third-order valence-corrected chi connectivity index (χ3v) is 3.53. The van der Waals surface area contributed by atoms with Crippen LogP contribution in [0.1, 0.15) is 5.56 Å². The largest absolute Gasteiger partial charge is 0.389 e. The first kappa shape index (κ1) is 12.7. The predicted octanol–water partition coefficient (Wildman–Crippen LogP) is 3.44. The van der Waals surface area contributed by atoms with Crippen molar-refractivity contribution in [3.8, 4) is 16.5 Å². The average molecular weight is 273 g/mol. The second-order valence-electron chi connectivity index (χ2n) is 3.55. The molecule has 0 aliphatic carbocycles. The van der Waals surface area contributed by atoms with E-state index in [9.17, 15) is 10.1 Å². The highest BCUT2D eigenvalue weighted by Crippen LogP contribution is 2.44. The van der Waals surface area contributed by atoms with Crippen molar-refractivity contribution in [2.75, 3.05) is 5.73 Å². The van der Waals surface area contributed by atoms with Gasteiger partial charge in [0.1, 0.15) is 22.3 Å². The SMILES string of the molecule is N#Cc1c(N)sc(-c2ccc([N+](=O)[O-])cc2)c1N=N. The zero-order chi connectivity index (χ0) is 14.0. The second kappa shape index (κ2) is 4.83. The first-order valence-electron chi connectivity index (χ1n) is 5.03. The second-order valence-corrected chi connectivity index (χ2v) is 4.60. The van der Waals surface area contributed by atoms with E-state index in [4.69, 9.17) is 16.5 Å². The van der Waals surface area contributed by atoms with E-state index in [1.165, 1.54) is 12.1 Å². The molecular weight excluding hydrogens is 266 g/mol. The van der Waals surface area contributed by atoms with Crippen molar-refractivity contribution < 1.29 is 4.92 Å². The summed E-state index contributed by atoms with van der Waals surface area (Å²) in [6, 6.07) is 7.68. The van der Waals surface area contributed by atoms with Crippen molar-refractivity contribution in [2.45, 2.75) is 0 Å². The number of thiophene rings is 1. The summed E-state index contributed by atoms with van der Waals surface area (Å²) in [7, 11) is 0. The van der Waals surface area contributed by atoms with E-state index in [1.54, 1.807) is 12.1 Å². The van der Waals surface area contributed by atoms with Crippen LogP contribution in [0.4, 0.5) is 16.4 Å². The number of anilines is 1. The summed E-state index contributed by atoms with van der Waals surface area (Å²) in [6.45, 7) is 0. The molecule has 3 N–H and O–H groups in total. The topological polar surface area (TPSA) is 129 Å². The molecule has 0 aliphatic rings. The molecule has 1 aromatic carbocycles. The van der Waals surface area contributed by atoms with Gasteiger partial charge in [-0.1, -0.05) is 0 Å². The summed E-state index contributed by atoms with van der Waals surface area (Å²) in [5, 5.41) is 23.1. The van der Waals surface area contributed by atoms with Crippen LogP contribution in [0.5, 0.6) is 0 Å². The molecule has 0 bridgehead atoms. The number of hydrogen-bond acceptors (Lipinski definition) is 7. The van der Waals surface area contributed by atoms with Gasteiger partial charge in [-0.15, -0.1) is 11.3 Å². The van der Waals surface area contributed by atoms with Crippen LogP contribution in [0.25, 0.3) is 10.4 Å². The first-order chi connectivity index (χ1) is 9.08. The number of nitrogens with zero attached hydrogens (tertiary/aromatic N) is 3. The molecule has 0 fully saturated rings. The van der Waals surface area contributed by atoms with Gasteiger partial charge >= 0.3 is 0 Å². The van der Waals surface area contributed by atoms with E-state index in [2.05, 4.69) is 5.11 Å². The van der Waals surface area contributed by atoms with E-state index < -0.39 is 4.92 Å². The molecule has 0 radical (unpaired) electrons. The smallest absolute Gasteiger partial charge is 0.269 e. The summed E-state index contributed by atoms with van der Waals surface area (Å²) in [5.74, 6) is 0. The number of nitriles is 1. The molecule has 2 aromatic rings. The molecule has 1 heterocycles. The van der Waals surface area contributed by atoms with Crippen LogP contribution in [0.3, 0.4) is 0 Å². The van der Waals surface area contributed by atoms with Crippen LogP contribution < -0.4 is 5.73 Å². The zero-order valence-corrected chi connectivity index (χ0v) is 10.3. The Labute approximate surface area is 111 Å². The summed E-state index contributed by atoms with van der Waals surface area (Å²) in [5.41, 5.74) is 13.8. The van der Waals surface area contributed by atoms with Gasteiger partial charge in [0, 0.05) is 12.1 Å². The van der Waals surface area contributed by atoms with Gasteiger partial charge in [0.05, 0.1) is 9.80 Å². The molecule has 8 heteroatoms. The maximum Gasteiger partial charge on any atom is 0.269 e. The van der Waals surface area contributed by atoms with Crippen LogP contribution in [0, 0.1) is 27.0 Å². The fourth-order valence-corrected chi connectivity index (χ4v) is 2.55. The van der Waals surface area contributed by atoms with Crippen molar-refractivity contribution in [2.24, 2.45) is 5.11 Å². The Hall–Kier alpha value is -2.79. The summed E-state index contributed by atoms with van der Waals surface area (Å²) in [4.78, 5) is 10.6. The number of nitro benzene ring substituents is 1. The molecule has 0 unspecified atom stereocenters. The Morgan fingerprint density at radius 1 is 1.42 bits per heavy atom. The van der Waals surface area contributed by atoms with Crippen LogP contribution in [-0.2, 0) is 0 Å². The minimum Gasteiger partial charge on any atom is -0.389 e. The average Bonchev–Trinajstić information content (AvgIpc) is 2.74. The standard InChI is InChI=1S/C11H7N5O2S/c12-5-8-9(15-14)10(19-11(8)13)6-1-3-7(4-2-6)16(17)18/h1-4,14H,13H2. The number of nitro groups is 1. The molecule has 1 aromatic heterocycles. The molecule has 0 saturated heterocycles. The number of benzene rings is 1. The van der Waals surface area contributed by atoms with Gasteiger partial charge < -0.3 is 5.73 Å². The van der Waals surface area contributed by atoms with Crippen molar-refractivity contribution in [3.05, 3.63) is 39.9 Å². The molecule has 0 atom stereocenters. The molecule has 0 aliphatic heterocycles. The third kappa shape index (κ3) is 2.14. The highest BCUT2D eigenvalue weighted by atomic mass is 32.1. The highest BCUT2D eigenvalue weighted by molar-refractivity contribution is 7.20. The minimum atomic E-state index is -0.497. The number of nitrogens with two attached hydrogens (primary N) is 1. The highest BCUT2D eigenvalue weighted by Gasteiger charge is 2.18. The van der Waals surface area contributed by atoms with E-state index in [-0.39, 0.29) is 21.9 Å². The lowest BCUT2D eigenvalue weighted by molar-refractivity contribution is -0.384. The first-order valence-corrected chi connectivity index (χ1v) is 5.84. The van der Waals surface area contributed by atoms with E-state index >= 15 is 0 Å².